The van der Waals surface area contributed by atoms with Gasteiger partial charge in [-0.2, -0.15) is 12.6 Å². The second-order valence-corrected chi connectivity index (χ2v) is 3.84. The van der Waals surface area contributed by atoms with Crippen LogP contribution in [-0.2, 0) is 4.79 Å². The van der Waals surface area contributed by atoms with Crippen molar-refractivity contribution in [3.63, 3.8) is 0 Å². The van der Waals surface area contributed by atoms with Gasteiger partial charge in [0.15, 0.2) is 0 Å². The van der Waals surface area contributed by atoms with E-state index in [1.165, 1.54) is 19.3 Å². The second-order valence-electron chi connectivity index (χ2n) is 3.29. The molecule has 0 aromatic heterocycles. The molecule has 1 rings (SSSR count). The summed E-state index contributed by atoms with van der Waals surface area (Å²) in [6, 6.07) is 0.337. The largest absolute Gasteiger partial charge is 0.351 e. The molecule has 0 heterocycles. The molecular formula is C8H16N2OS. The minimum atomic E-state index is -0.674. The maximum absolute atomic E-state index is 11.1. The van der Waals surface area contributed by atoms with Crippen LogP contribution in [0.15, 0.2) is 0 Å². The summed E-state index contributed by atoms with van der Waals surface area (Å²) in [6.07, 6.45) is 5.90. The molecule has 1 saturated carbocycles. The van der Waals surface area contributed by atoms with Crippen molar-refractivity contribution in [2.24, 2.45) is 5.73 Å². The van der Waals surface area contributed by atoms with Crippen molar-refractivity contribution in [2.75, 3.05) is 0 Å². The standard InChI is InChI=1S/C8H16N2OS/c9-7(12)8(11)10-6-4-2-1-3-5-6/h6-7,12H,1-5,9H2,(H,10,11). The number of carbonyl (C=O) groups is 1. The fourth-order valence-electron chi connectivity index (χ4n) is 1.53. The molecule has 1 unspecified atom stereocenters. The molecule has 1 amide bonds. The second kappa shape index (κ2) is 4.72. The molecule has 0 saturated heterocycles. The number of amides is 1. The zero-order chi connectivity index (χ0) is 8.97. The van der Waals surface area contributed by atoms with E-state index in [-0.39, 0.29) is 5.91 Å². The molecule has 3 N–H and O–H groups in total. The minimum absolute atomic E-state index is 0.148. The fraction of sp³-hybridized carbons (Fsp3) is 0.875. The number of hydrogen-bond acceptors (Lipinski definition) is 3. The predicted molar refractivity (Wildman–Crippen MR) is 52.0 cm³/mol. The van der Waals surface area contributed by atoms with Crippen LogP contribution in [0.5, 0.6) is 0 Å². The Balaban J connectivity index is 2.24. The Morgan fingerprint density at radius 1 is 1.42 bits per heavy atom. The summed E-state index contributed by atoms with van der Waals surface area (Å²) in [6.45, 7) is 0. The molecule has 4 heteroatoms. The van der Waals surface area contributed by atoms with E-state index >= 15 is 0 Å². The minimum Gasteiger partial charge on any atom is -0.351 e. The van der Waals surface area contributed by atoms with E-state index in [0.29, 0.717) is 6.04 Å². The molecule has 0 aliphatic heterocycles. The van der Waals surface area contributed by atoms with Crippen LogP contribution >= 0.6 is 12.6 Å². The molecule has 0 aromatic rings. The first-order valence-corrected chi connectivity index (χ1v) is 4.96. The first kappa shape index (κ1) is 9.86. The van der Waals surface area contributed by atoms with Gasteiger partial charge in [-0.1, -0.05) is 19.3 Å². The number of hydrogen-bond donors (Lipinski definition) is 3. The van der Waals surface area contributed by atoms with Gasteiger partial charge in [0.05, 0.1) is 0 Å². The van der Waals surface area contributed by atoms with Crippen LogP contribution in [0.1, 0.15) is 32.1 Å². The monoisotopic (exact) mass is 188 g/mol. The molecular weight excluding hydrogens is 172 g/mol. The van der Waals surface area contributed by atoms with Crippen LogP contribution in [0.3, 0.4) is 0 Å². The van der Waals surface area contributed by atoms with E-state index in [0.717, 1.165) is 12.8 Å². The smallest absolute Gasteiger partial charge is 0.247 e. The van der Waals surface area contributed by atoms with Crippen molar-refractivity contribution in [1.29, 1.82) is 0 Å². The van der Waals surface area contributed by atoms with E-state index in [1.54, 1.807) is 0 Å². The highest BCUT2D eigenvalue weighted by Crippen LogP contribution is 2.17. The van der Waals surface area contributed by atoms with Crippen molar-refractivity contribution < 1.29 is 4.79 Å². The molecule has 1 aliphatic rings. The van der Waals surface area contributed by atoms with Gasteiger partial charge < -0.3 is 11.1 Å². The molecule has 1 aliphatic carbocycles. The van der Waals surface area contributed by atoms with Crippen LogP contribution in [0.25, 0.3) is 0 Å². The van der Waals surface area contributed by atoms with Gasteiger partial charge in [-0.25, -0.2) is 0 Å². The Labute approximate surface area is 78.5 Å². The van der Waals surface area contributed by atoms with Crippen molar-refractivity contribution in [2.45, 2.75) is 43.5 Å². The summed E-state index contributed by atoms with van der Waals surface area (Å²) >= 11 is 3.86. The highest BCUT2D eigenvalue weighted by Gasteiger charge is 2.17. The van der Waals surface area contributed by atoms with Gasteiger partial charge in [0.2, 0.25) is 5.91 Å². The summed E-state index contributed by atoms with van der Waals surface area (Å²) in [5.74, 6) is -0.148. The topological polar surface area (TPSA) is 55.1 Å². The zero-order valence-electron chi connectivity index (χ0n) is 7.12. The molecule has 0 spiro atoms. The summed E-state index contributed by atoms with van der Waals surface area (Å²) in [5.41, 5.74) is 5.31. The van der Waals surface area contributed by atoms with Gasteiger partial charge in [-0.05, 0) is 12.8 Å². The average Bonchev–Trinajstić information content (AvgIpc) is 2.06. The number of thiol groups is 1. The van der Waals surface area contributed by atoms with Gasteiger partial charge in [0.1, 0.15) is 5.37 Å². The quantitative estimate of drug-likeness (QED) is 0.440. The SMILES string of the molecule is NC(S)C(=O)NC1CCCCC1. The van der Waals surface area contributed by atoms with Gasteiger partial charge in [0, 0.05) is 6.04 Å². The summed E-state index contributed by atoms with van der Waals surface area (Å²) in [7, 11) is 0. The molecule has 0 bridgehead atoms. The van der Waals surface area contributed by atoms with Crippen LogP contribution in [0, 0.1) is 0 Å². The van der Waals surface area contributed by atoms with E-state index in [4.69, 9.17) is 5.73 Å². The fourth-order valence-corrected chi connectivity index (χ4v) is 1.61. The first-order valence-electron chi connectivity index (χ1n) is 4.44. The van der Waals surface area contributed by atoms with E-state index < -0.39 is 5.37 Å². The van der Waals surface area contributed by atoms with Crippen LogP contribution in [-0.4, -0.2) is 17.3 Å². The maximum atomic E-state index is 11.1. The number of nitrogens with two attached hydrogens (primary N) is 1. The zero-order valence-corrected chi connectivity index (χ0v) is 8.02. The average molecular weight is 188 g/mol. The highest BCUT2D eigenvalue weighted by molar-refractivity contribution is 7.81. The summed E-state index contributed by atoms with van der Waals surface area (Å²) in [5, 5.41) is 2.20. The Hall–Kier alpha value is -0.220. The Kier molecular flexibility index (Phi) is 3.88. The Bertz CT molecular complexity index is 155. The third-order valence-electron chi connectivity index (χ3n) is 2.22. The first-order chi connectivity index (χ1) is 5.70. The van der Waals surface area contributed by atoms with E-state index in [1.807, 2.05) is 0 Å². The molecule has 1 fully saturated rings. The number of nitrogens with one attached hydrogen (secondary N) is 1. The van der Waals surface area contributed by atoms with Gasteiger partial charge >= 0.3 is 0 Å². The number of rotatable bonds is 2. The maximum Gasteiger partial charge on any atom is 0.247 e. The van der Waals surface area contributed by atoms with Crippen molar-refractivity contribution in [3.05, 3.63) is 0 Å². The van der Waals surface area contributed by atoms with Crippen LogP contribution in [0.2, 0.25) is 0 Å². The molecule has 12 heavy (non-hydrogen) atoms. The van der Waals surface area contributed by atoms with Crippen molar-refractivity contribution in [3.8, 4) is 0 Å². The third kappa shape index (κ3) is 3.03. The lowest BCUT2D eigenvalue weighted by atomic mass is 9.95. The third-order valence-corrected chi connectivity index (χ3v) is 2.45. The molecule has 70 valence electrons. The lowest BCUT2D eigenvalue weighted by molar-refractivity contribution is -0.121. The van der Waals surface area contributed by atoms with Gasteiger partial charge in [0.25, 0.3) is 0 Å². The highest BCUT2D eigenvalue weighted by atomic mass is 32.1. The van der Waals surface area contributed by atoms with Crippen molar-refractivity contribution in [1.82, 2.24) is 5.32 Å². The lowest BCUT2D eigenvalue weighted by Crippen LogP contribution is -2.43. The molecule has 0 aromatic carbocycles. The Morgan fingerprint density at radius 2 is 2.00 bits per heavy atom. The molecule has 0 radical (unpaired) electrons. The predicted octanol–water partition coefficient (Wildman–Crippen LogP) is 0.650. The Morgan fingerprint density at radius 3 is 2.50 bits per heavy atom. The summed E-state index contributed by atoms with van der Waals surface area (Å²) in [4.78, 5) is 11.1. The van der Waals surface area contributed by atoms with Crippen molar-refractivity contribution >= 4 is 18.5 Å². The van der Waals surface area contributed by atoms with Crippen LogP contribution < -0.4 is 11.1 Å². The lowest BCUT2D eigenvalue weighted by Gasteiger charge is -2.23. The van der Waals surface area contributed by atoms with Gasteiger partial charge in [-0.15, -0.1) is 0 Å². The van der Waals surface area contributed by atoms with E-state index in [9.17, 15) is 4.79 Å². The molecule has 1 atom stereocenters. The van der Waals surface area contributed by atoms with E-state index in [2.05, 4.69) is 17.9 Å². The van der Waals surface area contributed by atoms with Gasteiger partial charge in [-0.3, -0.25) is 4.79 Å². The summed E-state index contributed by atoms with van der Waals surface area (Å²) < 4.78 is 0. The molecule has 3 nitrogen and oxygen atoms in total. The number of carbonyl (C=O) groups excluding carboxylic acids is 1. The normalized spacial score (nSPS) is 21.8. The van der Waals surface area contributed by atoms with Crippen LogP contribution in [0.4, 0.5) is 0 Å².